The first-order valence-corrected chi connectivity index (χ1v) is 6.19. The van der Waals surface area contributed by atoms with Crippen LogP contribution in [0.15, 0.2) is 22.6 Å². The van der Waals surface area contributed by atoms with E-state index in [9.17, 15) is 4.79 Å². The van der Waals surface area contributed by atoms with Crippen LogP contribution >= 0.6 is 0 Å². The number of nitrogens with one attached hydrogen (secondary N) is 2. The van der Waals surface area contributed by atoms with Crippen molar-refractivity contribution in [2.75, 3.05) is 5.43 Å². The minimum Gasteiger partial charge on any atom is -0.466 e. The molecule has 106 valence electrons. The van der Waals surface area contributed by atoms with Crippen LogP contribution in [0.25, 0.3) is 0 Å². The van der Waals surface area contributed by atoms with E-state index in [1.807, 2.05) is 26.8 Å². The summed E-state index contributed by atoms with van der Waals surface area (Å²) in [6.45, 7) is 5.62. The van der Waals surface area contributed by atoms with Gasteiger partial charge in [0.05, 0.1) is 6.04 Å². The van der Waals surface area contributed by atoms with Crippen molar-refractivity contribution in [1.29, 1.82) is 0 Å². The third kappa shape index (κ3) is 2.94. The van der Waals surface area contributed by atoms with Gasteiger partial charge in [-0.1, -0.05) is 0 Å². The summed E-state index contributed by atoms with van der Waals surface area (Å²) < 4.78 is 5.45. The molecule has 2 aromatic rings. The first kappa shape index (κ1) is 14.0. The molecule has 1 amide bonds. The summed E-state index contributed by atoms with van der Waals surface area (Å²) in [4.78, 5) is 12.1. The van der Waals surface area contributed by atoms with Crippen LogP contribution in [0.2, 0.25) is 0 Å². The first-order valence-electron chi connectivity index (χ1n) is 6.19. The number of carbonyl (C=O) groups is 1. The topological polar surface area (TPSA) is 106 Å². The Bertz CT molecular complexity index is 606. The molecular formula is C13H17N5O2. The number of hydrogen-bond acceptors (Lipinski definition) is 6. The molecule has 0 aliphatic heterocycles. The van der Waals surface area contributed by atoms with Gasteiger partial charge in [0.1, 0.15) is 11.5 Å². The molecule has 0 aliphatic rings. The number of amides is 1. The molecule has 0 bridgehead atoms. The maximum Gasteiger partial charge on any atom is 0.272 e. The third-order valence-corrected chi connectivity index (χ3v) is 2.94. The molecule has 4 N–H and O–H groups in total. The number of aromatic nitrogens is 2. The number of carbonyl (C=O) groups excluding carboxylic acids is 1. The number of nitrogen functional groups attached to an aromatic ring is 1. The van der Waals surface area contributed by atoms with E-state index in [0.29, 0.717) is 5.82 Å². The molecule has 0 aliphatic carbocycles. The third-order valence-electron chi connectivity index (χ3n) is 2.94. The van der Waals surface area contributed by atoms with Gasteiger partial charge in [-0.15, -0.1) is 10.2 Å². The van der Waals surface area contributed by atoms with E-state index in [1.165, 1.54) is 0 Å². The van der Waals surface area contributed by atoms with Gasteiger partial charge in [0, 0.05) is 5.56 Å². The summed E-state index contributed by atoms with van der Waals surface area (Å²) in [6, 6.07) is 4.87. The Hall–Kier alpha value is -2.41. The molecular weight excluding hydrogens is 258 g/mol. The van der Waals surface area contributed by atoms with Gasteiger partial charge >= 0.3 is 0 Å². The molecule has 0 saturated heterocycles. The Morgan fingerprint density at radius 1 is 1.35 bits per heavy atom. The van der Waals surface area contributed by atoms with Crippen LogP contribution in [0, 0.1) is 13.8 Å². The Morgan fingerprint density at radius 2 is 2.10 bits per heavy atom. The second-order valence-electron chi connectivity index (χ2n) is 4.51. The number of furan rings is 1. The zero-order chi connectivity index (χ0) is 14.7. The Morgan fingerprint density at radius 3 is 2.60 bits per heavy atom. The van der Waals surface area contributed by atoms with Gasteiger partial charge in [-0.25, -0.2) is 5.84 Å². The second-order valence-corrected chi connectivity index (χ2v) is 4.51. The fourth-order valence-electron chi connectivity index (χ4n) is 1.96. The van der Waals surface area contributed by atoms with E-state index in [-0.39, 0.29) is 17.6 Å². The zero-order valence-electron chi connectivity index (χ0n) is 11.6. The van der Waals surface area contributed by atoms with Crippen molar-refractivity contribution in [2.45, 2.75) is 26.8 Å². The van der Waals surface area contributed by atoms with Gasteiger partial charge in [0.2, 0.25) is 0 Å². The van der Waals surface area contributed by atoms with Crippen molar-refractivity contribution in [3.05, 3.63) is 41.0 Å². The summed E-state index contributed by atoms with van der Waals surface area (Å²) in [5.74, 6) is 6.90. The SMILES string of the molecule is Cc1cc(C(C)NC(=O)c2ccc(NN)nn2)c(C)o1. The highest BCUT2D eigenvalue weighted by atomic mass is 16.3. The van der Waals surface area contributed by atoms with Crippen LogP contribution in [0.3, 0.4) is 0 Å². The lowest BCUT2D eigenvalue weighted by Gasteiger charge is -2.12. The fourth-order valence-corrected chi connectivity index (χ4v) is 1.96. The van der Waals surface area contributed by atoms with Gasteiger partial charge < -0.3 is 15.2 Å². The summed E-state index contributed by atoms with van der Waals surface area (Å²) in [6.07, 6.45) is 0. The van der Waals surface area contributed by atoms with Crippen molar-refractivity contribution in [1.82, 2.24) is 15.5 Å². The van der Waals surface area contributed by atoms with Crippen molar-refractivity contribution < 1.29 is 9.21 Å². The molecule has 0 spiro atoms. The number of anilines is 1. The van der Waals surface area contributed by atoms with E-state index in [1.54, 1.807) is 12.1 Å². The standard InChI is InChI=1S/C13H17N5O2/c1-7-6-10(9(3)20-7)8(2)15-13(19)11-4-5-12(16-14)18-17-11/h4-6,8H,14H2,1-3H3,(H,15,19)(H,16,18). The predicted molar refractivity (Wildman–Crippen MR) is 73.9 cm³/mol. The van der Waals surface area contributed by atoms with Crippen molar-refractivity contribution in [2.24, 2.45) is 5.84 Å². The molecule has 1 unspecified atom stereocenters. The highest BCUT2D eigenvalue weighted by Gasteiger charge is 2.17. The molecule has 0 aromatic carbocycles. The fraction of sp³-hybridized carbons (Fsp3) is 0.308. The zero-order valence-corrected chi connectivity index (χ0v) is 11.6. The maximum absolute atomic E-state index is 12.1. The van der Waals surface area contributed by atoms with Gasteiger partial charge in [-0.05, 0) is 39.0 Å². The molecule has 0 fully saturated rings. The molecule has 1 atom stereocenters. The number of nitrogens with two attached hydrogens (primary N) is 1. The summed E-state index contributed by atoms with van der Waals surface area (Å²) in [7, 11) is 0. The summed E-state index contributed by atoms with van der Waals surface area (Å²) in [5.41, 5.74) is 3.53. The van der Waals surface area contributed by atoms with Crippen LogP contribution in [0.1, 0.15) is 40.5 Å². The Kier molecular flexibility index (Phi) is 3.99. The van der Waals surface area contributed by atoms with E-state index >= 15 is 0 Å². The molecule has 7 nitrogen and oxygen atoms in total. The van der Waals surface area contributed by atoms with Crippen LogP contribution < -0.4 is 16.6 Å². The largest absolute Gasteiger partial charge is 0.466 e. The predicted octanol–water partition coefficient (Wildman–Crippen LogP) is 1.46. The molecule has 2 heterocycles. The second kappa shape index (κ2) is 5.70. The van der Waals surface area contributed by atoms with Crippen LogP contribution in [0.5, 0.6) is 0 Å². The number of nitrogens with zero attached hydrogens (tertiary/aromatic N) is 2. The number of hydrogen-bond donors (Lipinski definition) is 3. The average molecular weight is 275 g/mol. The van der Waals surface area contributed by atoms with Crippen molar-refractivity contribution in [3.8, 4) is 0 Å². The van der Waals surface area contributed by atoms with E-state index in [0.717, 1.165) is 17.1 Å². The normalized spacial score (nSPS) is 12.0. The lowest BCUT2D eigenvalue weighted by atomic mass is 10.1. The average Bonchev–Trinajstić information content (AvgIpc) is 2.78. The van der Waals surface area contributed by atoms with Crippen molar-refractivity contribution >= 4 is 11.7 Å². The van der Waals surface area contributed by atoms with Gasteiger partial charge in [-0.2, -0.15) is 0 Å². The first-order chi connectivity index (χ1) is 9.51. The Balaban J connectivity index is 2.08. The highest BCUT2D eigenvalue weighted by Crippen LogP contribution is 2.21. The quantitative estimate of drug-likeness (QED) is 0.576. The molecule has 20 heavy (non-hydrogen) atoms. The lowest BCUT2D eigenvalue weighted by Crippen LogP contribution is -2.28. The lowest BCUT2D eigenvalue weighted by molar-refractivity contribution is 0.0933. The minimum absolute atomic E-state index is 0.172. The highest BCUT2D eigenvalue weighted by molar-refractivity contribution is 5.92. The maximum atomic E-state index is 12.1. The van der Waals surface area contributed by atoms with Gasteiger partial charge in [-0.3, -0.25) is 4.79 Å². The number of aryl methyl sites for hydroxylation is 2. The summed E-state index contributed by atoms with van der Waals surface area (Å²) in [5, 5.41) is 10.4. The summed E-state index contributed by atoms with van der Waals surface area (Å²) >= 11 is 0. The molecule has 0 radical (unpaired) electrons. The Labute approximate surface area is 116 Å². The molecule has 0 saturated carbocycles. The van der Waals surface area contributed by atoms with Crippen molar-refractivity contribution in [3.63, 3.8) is 0 Å². The van der Waals surface area contributed by atoms with Gasteiger partial charge in [0.25, 0.3) is 5.91 Å². The van der Waals surface area contributed by atoms with E-state index in [2.05, 4.69) is 20.9 Å². The van der Waals surface area contributed by atoms with E-state index in [4.69, 9.17) is 10.3 Å². The molecule has 2 rings (SSSR count). The van der Waals surface area contributed by atoms with Crippen LogP contribution in [0.4, 0.5) is 5.82 Å². The minimum atomic E-state index is -0.299. The molecule has 2 aromatic heterocycles. The van der Waals surface area contributed by atoms with Crippen LogP contribution in [-0.2, 0) is 0 Å². The number of hydrazine groups is 1. The number of rotatable bonds is 4. The van der Waals surface area contributed by atoms with E-state index < -0.39 is 0 Å². The van der Waals surface area contributed by atoms with Crippen LogP contribution in [-0.4, -0.2) is 16.1 Å². The molecule has 7 heteroatoms. The van der Waals surface area contributed by atoms with Gasteiger partial charge in [0.15, 0.2) is 11.5 Å². The monoisotopic (exact) mass is 275 g/mol. The smallest absolute Gasteiger partial charge is 0.272 e.